The fourth-order valence-electron chi connectivity index (χ4n) is 5.04. The maximum Gasteiger partial charge on any atom is 0.145 e. The number of pyridine rings is 1. The van der Waals surface area contributed by atoms with Crippen molar-refractivity contribution in [1.29, 1.82) is 10.8 Å². The van der Waals surface area contributed by atoms with Crippen LogP contribution >= 0.6 is 0 Å². The lowest BCUT2D eigenvalue weighted by Crippen LogP contribution is -2.30. The van der Waals surface area contributed by atoms with Gasteiger partial charge in [0.15, 0.2) is 0 Å². The van der Waals surface area contributed by atoms with E-state index in [4.69, 9.17) is 15.6 Å². The highest BCUT2D eigenvalue weighted by Gasteiger charge is 2.11. The highest BCUT2D eigenvalue weighted by molar-refractivity contribution is 6.01. The van der Waals surface area contributed by atoms with Gasteiger partial charge in [-0.3, -0.25) is 15.8 Å². The first-order valence-corrected chi connectivity index (χ1v) is 14.4. The molecule has 0 aliphatic heterocycles. The molecule has 0 bridgehead atoms. The summed E-state index contributed by atoms with van der Waals surface area (Å²) in [5, 5.41) is 25.0. The Morgan fingerprint density at radius 3 is 1.72 bits per heavy atom. The number of H-pyrrole nitrogens is 2. The Labute approximate surface area is 250 Å². The quantitative estimate of drug-likeness (QED) is 0.0825. The number of rotatable bonds is 8. The highest BCUT2D eigenvalue weighted by Crippen LogP contribution is 2.30. The van der Waals surface area contributed by atoms with E-state index < -0.39 is 0 Å². The van der Waals surface area contributed by atoms with Crippen LogP contribution in [0.25, 0.3) is 44.5 Å². The van der Waals surface area contributed by atoms with Crippen LogP contribution in [0.4, 0.5) is 0 Å². The van der Waals surface area contributed by atoms with Crippen LogP contribution in [0.15, 0.2) is 91.1 Å². The first kappa shape index (κ1) is 27.8. The van der Waals surface area contributed by atoms with Gasteiger partial charge in [-0.2, -0.15) is 0 Å². The Bertz CT molecular complexity index is 1790. The van der Waals surface area contributed by atoms with Gasteiger partial charge in [-0.25, -0.2) is 0 Å². The van der Waals surface area contributed by atoms with Crippen molar-refractivity contribution in [2.75, 3.05) is 0 Å². The summed E-state index contributed by atoms with van der Waals surface area (Å²) in [6.45, 7) is 8.10. The molecule has 3 aromatic heterocycles. The third-order valence-corrected chi connectivity index (χ3v) is 7.10. The molecule has 0 aliphatic rings. The smallest absolute Gasteiger partial charge is 0.145 e. The monoisotopic (exact) mass is 569 g/mol. The Morgan fingerprint density at radius 2 is 1.19 bits per heavy atom. The van der Waals surface area contributed by atoms with Crippen LogP contribution in [0.2, 0.25) is 0 Å². The Balaban J connectivity index is 1.13. The number of hydrogen-bond donors (Lipinski definition) is 6. The molecule has 0 saturated heterocycles. The number of nitrogens with one attached hydrogen (secondary N) is 6. The van der Waals surface area contributed by atoms with Gasteiger partial charge in [-0.05, 0) is 93.9 Å². The molecule has 8 nitrogen and oxygen atoms in total. The van der Waals surface area contributed by atoms with Gasteiger partial charge in [0, 0.05) is 50.7 Å². The van der Waals surface area contributed by atoms with E-state index in [9.17, 15) is 0 Å². The molecule has 0 unspecified atom stereocenters. The Morgan fingerprint density at radius 1 is 0.651 bits per heavy atom. The van der Waals surface area contributed by atoms with Crippen molar-refractivity contribution in [3.8, 4) is 34.1 Å². The highest BCUT2D eigenvalue weighted by atomic mass is 16.5. The molecule has 3 aromatic carbocycles. The Hall–Kier alpha value is -5.37. The maximum absolute atomic E-state index is 8.28. The average Bonchev–Trinajstić information content (AvgIpc) is 3.61. The summed E-state index contributed by atoms with van der Waals surface area (Å²) in [7, 11) is 0. The average molecular weight is 570 g/mol. The van der Waals surface area contributed by atoms with E-state index in [2.05, 4.69) is 37.7 Å². The predicted octanol–water partition coefficient (Wildman–Crippen LogP) is 7.82. The predicted molar refractivity (Wildman–Crippen MR) is 176 cm³/mol. The second-order valence-electron chi connectivity index (χ2n) is 11.3. The van der Waals surface area contributed by atoms with Crippen molar-refractivity contribution < 1.29 is 4.74 Å². The second kappa shape index (κ2) is 11.5. The fraction of sp³-hybridized carbons (Fsp3) is 0.171. The summed E-state index contributed by atoms with van der Waals surface area (Å²) >= 11 is 0. The molecule has 216 valence electrons. The van der Waals surface area contributed by atoms with Crippen LogP contribution in [-0.2, 0) is 0 Å². The number of fused-ring (bicyclic) bond motifs is 2. The van der Waals surface area contributed by atoms with Crippen molar-refractivity contribution in [2.45, 2.75) is 39.8 Å². The molecule has 0 spiro atoms. The van der Waals surface area contributed by atoms with E-state index in [1.807, 2.05) is 100 Å². The molecule has 0 radical (unpaired) electrons. The summed E-state index contributed by atoms with van der Waals surface area (Å²) in [5.74, 6) is 2.21. The first-order chi connectivity index (χ1) is 20.7. The first-order valence-electron chi connectivity index (χ1n) is 14.4. The summed E-state index contributed by atoms with van der Waals surface area (Å²) in [6.07, 6.45) is 1.73. The van der Waals surface area contributed by atoms with Crippen molar-refractivity contribution in [2.24, 2.45) is 0 Å². The van der Waals surface area contributed by atoms with Gasteiger partial charge in [-0.15, -0.1) is 0 Å². The number of ether oxygens (including phenoxy) is 1. The molecule has 0 aliphatic carbocycles. The zero-order valence-corrected chi connectivity index (χ0v) is 24.7. The molecule has 0 fully saturated rings. The van der Waals surface area contributed by atoms with Crippen molar-refractivity contribution in [3.63, 3.8) is 0 Å². The molecular weight excluding hydrogens is 534 g/mol. The largest absolute Gasteiger partial charge is 0.456 e. The van der Waals surface area contributed by atoms with Crippen molar-refractivity contribution >= 4 is 33.5 Å². The van der Waals surface area contributed by atoms with E-state index in [1.165, 1.54) is 0 Å². The van der Waals surface area contributed by atoms with Gasteiger partial charge < -0.3 is 25.3 Å². The summed E-state index contributed by atoms with van der Waals surface area (Å²) in [5.41, 5.74) is 7.42. The molecule has 43 heavy (non-hydrogen) atoms. The minimum absolute atomic E-state index is 0.202. The van der Waals surface area contributed by atoms with E-state index in [0.29, 0.717) is 17.4 Å². The van der Waals surface area contributed by atoms with Crippen LogP contribution in [0.3, 0.4) is 0 Å². The van der Waals surface area contributed by atoms with E-state index >= 15 is 0 Å². The summed E-state index contributed by atoms with van der Waals surface area (Å²) in [6, 6.07) is 28.4. The molecule has 0 amide bonds. The molecule has 6 aromatic rings. The molecule has 0 saturated carbocycles. The van der Waals surface area contributed by atoms with Gasteiger partial charge in [0.25, 0.3) is 0 Å². The number of aromatic amines is 2. The standard InChI is InChI=1S/C35H35N7O/c1-20(2)39-34(36)25-7-5-23-15-30(41-31(23)17-25)22-9-11-27(12-10-22)43-28-13-14-29(38-19-28)33-16-24-6-8-26(18-32(24)42-33)35(37)40-21(3)4/h5-21,41-42H,1-4H3,(H2,36,39)(H2,37,40). The minimum atomic E-state index is 0.202. The summed E-state index contributed by atoms with van der Waals surface area (Å²) < 4.78 is 6.08. The van der Waals surface area contributed by atoms with Crippen LogP contribution in [0.5, 0.6) is 11.5 Å². The normalized spacial score (nSPS) is 11.4. The van der Waals surface area contributed by atoms with Gasteiger partial charge >= 0.3 is 0 Å². The molecule has 3 heterocycles. The Kier molecular flexibility index (Phi) is 7.42. The molecule has 6 rings (SSSR count). The van der Waals surface area contributed by atoms with Gasteiger partial charge in [0.1, 0.15) is 23.2 Å². The number of hydrogen-bond acceptors (Lipinski definition) is 4. The summed E-state index contributed by atoms with van der Waals surface area (Å²) in [4.78, 5) is 11.5. The zero-order chi connectivity index (χ0) is 30.1. The fourth-order valence-corrected chi connectivity index (χ4v) is 5.04. The number of aromatic nitrogens is 3. The number of nitrogens with zero attached hydrogens (tertiary/aromatic N) is 1. The van der Waals surface area contributed by atoms with Crippen molar-refractivity contribution in [1.82, 2.24) is 25.6 Å². The van der Waals surface area contributed by atoms with E-state index in [0.717, 1.165) is 61.3 Å². The number of benzene rings is 3. The molecule has 8 heteroatoms. The van der Waals surface area contributed by atoms with Crippen LogP contribution < -0.4 is 15.4 Å². The lowest BCUT2D eigenvalue weighted by molar-refractivity contribution is 0.480. The molecule has 6 N–H and O–H groups in total. The lowest BCUT2D eigenvalue weighted by atomic mass is 10.1. The lowest BCUT2D eigenvalue weighted by Gasteiger charge is -2.11. The molecule has 0 atom stereocenters. The second-order valence-corrected chi connectivity index (χ2v) is 11.3. The third-order valence-electron chi connectivity index (χ3n) is 7.10. The van der Waals surface area contributed by atoms with Crippen LogP contribution in [-0.4, -0.2) is 38.7 Å². The zero-order valence-electron chi connectivity index (χ0n) is 24.7. The van der Waals surface area contributed by atoms with Crippen LogP contribution in [0.1, 0.15) is 38.8 Å². The van der Waals surface area contributed by atoms with Gasteiger partial charge in [0.2, 0.25) is 0 Å². The molecular formula is C35H35N7O. The van der Waals surface area contributed by atoms with E-state index in [1.54, 1.807) is 6.20 Å². The topological polar surface area (TPSA) is 125 Å². The van der Waals surface area contributed by atoms with E-state index in [-0.39, 0.29) is 12.1 Å². The van der Waals surface area contributed by atoms with Gasteiger partial charge in [0.05, 0.1) is 17.6 Å². The maximum atomic E-state index is 8.28. The van der Waals surface area contributed by atoms with Gasteiger partial charge in [-0.1, -0.05) is 24.3 Å². The van der Waals surface area contributed by atoms with Crippen LogP contribution in [0, 0.1) is 10.8 Å². The SMILES string of the molecule is CC(C)NC(=N)c1ccc2cc(-c3ccc(Oc4ccc(-c5cc6ccc(C(=N)NC(C)C)cc6[nH]5)nc4)cc3)[nH]c2c1. The minimum Gasteiger partial charge on any atom is -0.456 e. The van der Waals surface area contributed by atoms with Crippen molar-refractivity contribution in [3.05, 3.63) is 102 Å². The number of amidine groups is 2. The third kappa shape index (κ3) is 6.13.